The van der Waals surface area contributed by atoms with Crippen molar-refractivity contribution in [3.63, 3.8) is 0 Å². The third-order valence-corrected chi connectivity index (χ3v) is 9.32. The van der Waals surface area contributed by atoms with Gasteiger partial charge in [0.25, 0.3) is 0 Å². The second kappa shape index (κ2) is 10.5. The first kappa shape index (κ1) is 26.7. The van der Waals surface area contributed by atoms with Gasteiger partial charge in [0.15, 0.2) is 6.17 Å². The van der Waals surface area contributed by atoms with Gasteiger partial charge in [-0.2, -0.15) is 0 Å². The Bertz CT molecular complexity index is 2700. The van der Waals surface area contributed by atoms with Crippen molar-refractivity contribution >= 4 is 66.3 Å². The third kappa shape index (κ3) is 4.18. The number of nitrogens with zero attached hydrogens (tertiary/aromatic N) is 2. The zero-order valence-electron chi connectivity index (χ0n) is 25.7. The van der Waals surface area contributed by atoms with E-state index in [1.165, 1.54) is 5.39 Å². The van der Waals surface area contributed by atoms with Crippen molar-refractivity contribution in [1.29, 1.82) is 0 Å². The minimum Gasteiger partial charge on any atom is -0.456 e. The number of amidine groups is 2. The monoisotopic (exact) mass is 617 g/mol. The Morgan fingerprint density at radius 1 is 0.458 bits per heavy atom. The zero-order chi connectivity index (χ0) is 31.6. The van der Waals surface area contributed by atoms with E-state index in [2.05, 4.69) is 102 Å². The normalized spacial score (nSPS) is 13.8. The van der Waals surface area contributed by atoms with Gasteiger partial charge in [-0.3, -0.25) is 0 Å². The van der Waals surface area contributed by atoms with E-state index >= 15 is 0 Å². The highest BCUT2D eigenvalue weighted by Crippen LogP contribution is 2.45. The highest BCUT2D eigenvalue weighted by Gasteiger charge is 2.26. The van der Waals surface area contributed by atoms with Crippen molar-refractivity contribution < 1.29 is 8.83 Å². The smallest absolute Gasteiger partial charge is 0.170 e. The van der Waals surface area contributed by atoms with E-state index < -0.39 is 6.17 Å². The molecule has 0 radical (unpaired) electrons. The summed E-state index contributed by atoms with van der Waals surface area (Å²) < 4.78 is 13.2. The second-order valence-electron chi connectivity index (χ2n) is 12.2. The third-order valence-electron chi connectivity index (χ3n) is 9.32. The lowest BCUT2D eigenvalue weighted by Gasteiger charge is -2.23. The van der Waals surface area contributed by atoms with Crippen LogP contribution in [-0.2, 0) is 0 Å². The van der Waals surface area contributed by atoms with Crippen LogP contribution in [0, 0.1) is 0 Å². The first-order chi connectivity index (χ1) is 23.8. The van der Waals surface area contributed by atoms with E-state index in [0.29, 0.717) is 0 Å². The lowest BCUT2D eigenvalue weighted by molar-refractivity contribution is 0.668. The number of rotatable bonds is 4. The Morgan fingerprint density at radius 2 is 1.10 bits per heavy atom. The number of hydrogen-bond acceptors (Lipinski definition) is 5. The number of benzene rings is 7. The first-order valence-electron chi connectivity index (χ1n) is 16.1. The number of furan rings is 2. The number of aliphatic imine (C=N–C) groups is 2. The highest BCUT2D eigenvalue weighted by molar-refractivity contribution is 6.20. The molecule has 0 saturated carbocycles. The molecule has 1 aliphatic rings. The molecule has 9 aromatic rings. The fourth-order valence-electron chi connectivity index (χ4n) is 7.09. The molecule has 3 heterocycles. The van der Waals surface area contributed by atoms with Crippen molar-refractivity contribution in [3.05, 3.63) is 168 Å². The van der Waals surface area contributed by atoms with Crippen molar-refractivity contribution in [1.82, 2.24) is 5.32 Å². The molecule has 48 heavy (non-hydrogen) atoms. The molecule has 0 aliphatic carbocycles. The van der Waals surface area contributed by atoms with E-state index in [1.807, 2.05) is 54.6 Å². The Hall–Kier alpha value is -6.46. The van der Waals surface area contributed by atoms with Gasteiger partial charge in [-0.05, 0) is 40.6 Å². The Balaban J connectivity index is 1.23. The van der Waals surface area contributed by atoms with Crippen LogP contribution in [0.1, 0.15) is 22.9 Å². The average Bonchev–Trinajstić information content (AvgIpc) is 3.72. The van der Waals surface area contributed by atoms with Crippen LogP contribution in [0.4, 0.5) is 0 Å². The minimum absolute atomic E-state index is 0.494. The van der Waals surface area contributed by atoms with Gasteiger partial charge in [0.1, 0.15) is 34.0 Å². The molecule has 0 unspecified atom stereocenters. The summed E-state index contributed by atoms with van der Waals surface area (Å²) in [6.07, 6.45) is -0.494. The number of para-hydroxylation sites is 1. The first-order valence-corrected chi connectivity index (χ1v) is 16.1. The molecule has 0 fully saturated rings. The van der Waals surface area contributed by atoms with Crippen molar-refractivity contribution in [2.24, 2.45) is 9.98 Å². The molecule has 226 valence electrons. The second-order valence-corrected chi connectivity index (χ2v) is 12.2. The van der Waals surface area contributed by atoms with E-state index in [0.717, 1.165) is 88.8 Å². The molecule has 1 aliphatic heterocycles. The molecule has 5 heteroatoms. The largest absolute Gasteiger partial charge is 0.456 e. The van der Waals surface area contributed by atoms with Gasteiger partial charge in [-0.25, -0.2) is 9.98 Å². The Morgan fingerprint density at radius 3 is 1.85 bits per heavy atom. The van der Waals surface area contributed by atoms with Gasteiger partial charge in [0.05, 0.1) is 0 Å². The molecule has 0 atom stereocenters. The molecule has 7 aromatic carbocycles. The number of hydrogen-bond donors (Lipinski definition) is 1. The van der Waals surface area contributed by atoms with E-state index in [1.54, 1.807) is 0 Å². The SMILES string of the molecule is c1ccc(C2=NC(c3ccc(-c4cccc5oc6cc7ccccc7cc6c45)c4oc5ccccc5c34)N=C(c3ccccc3)N2)cc1. The molecule has 0 amide bonds. The maximum absolute atomic E-state index is 6.76. The zero-order valence-corrected chi connectivity index (χ0v) is 25.7. The topological polar surface area (TPSA) is 63.0 Å². The van der Waals surface area contributed by atoms with Crippen molar-refractivity contribution in [3.8, 4) is 11.1 Å². The van der Waals surface area contributed by atoms with E-state index in [-0.39, 0.29) is 0 Å². The Labute approximate surface area is 275 Å². The lowest BCUT2D eigenvalue weighted by Crippen LogP contribution is -2.36. The molecule has 1 N–H and O–H groups in total. The van der Waals surface area contributed by atoms with Crippen LogP contribution in [0.15, 0.2) is 170 Å². The lowest BCUT2D eigenvalue weighted by atomic mass is 9.94. The van der Waals surface area contributed by atoms with Gasteiger partial charge in [0.2, 0.25) is 0 Å². The quantitative estimate of drug-likeness (QED) is 0.214. The van der Waals surface area contributed by atoms with Crippen LogP contribution >= 0.6 is 0 Å². The van der Waals surface area contributed by atoms with Gasteiger partial charge in [-0.1, -0.05) is 127 Å². The van der Waals surface area contributed by atoms with Crippen LogP contribution in [0.25, 0.3) is 65.8 Å². The molecule has 0 saturated heterocycles. The summed E-state index contributed by atoms with van der Waals surface area (Å²) in [6, 6.07) is 52.0. The van der Waals surface area contributed by atoms with Gasteiger partial charge < -0.3 is 14.2 Å². The summed E-state index contributed by atoms with van der Waals surface area (Å²) in [6.45, 7) is 0. The summed E-state index contributed by atoms with van der Waals surface area (Å²) >= 11 is 0. The van der Waals surface area contributed by atoms with Crippen molar-refractivity contribution in [2.75, 3.05) is 0 Å². The Kier molecular flexibility index (Phi) is 5.87. The summed E-state index contributed by atoms with van der Waals surface area (Å²) in [4.78, 5) is 10.4. The summed E-state index contributed by atoms with van der Waals surface area (Å²) in [5.41, 5.74) is 8.39. The molecular formula is C43H27N3O2. The van der Waals surface area contributed by atoms with Crippen LogP contribution in [0.3, 0.4) is 0 Å². The average molecular weight is 618 g/mol. The maximum atomic E-state index is 6.76. The maximum Gasteiger partial charge on any atom is 0.170 e. The van der Waals surface area contributed by atoms with Crippen LogP contribution in [0.2, 0.25) is 0 Å². The van der Waals surface area contributed by atoms with E-state index in [9.17, 15) is 0 Å². The minimum atomic E-state index is -0.494. The van der Waals surface area contributed by atoms with Crippen LogP contribution in [-0.4, -0.2) is 11.7 Å². The number of fused-ring (bicyclic) bond motifs is 7. The molecule has 5 nitrogen and oxygen atoms in total. The predicted molar refractivity (Wildman–Crippen MR) is 196 cm³/mol. The predicted octanol–water partition coefficient (Wildman–Crippen LogP) is 10.8. The van der Waals surface area contributed by atoms with E-state index in [4.69, 9.17) is 18.8 Å². The van der Waals surface area contributed by atoms with Gasteiger partial charge in [0, 0.05) is 43.8 Å². The number of nitrogens with one attached hydrogen (secondary N) is 1. The molecule has 0 spiro atoms. The highest BCUT2D eigenvalue weighted by atomic mass is 16.3. The summed E-state index contributed by atoms with van der Waals surface area (Å²) in [5, 5.41) is 10.0. The molecule has 0 bridgehead atoms. The summed E-state index contributed by atoms with van der Waals surface area (Å²) in [7, 11) is 0. The molecular weight excluding hydrogens is 590 g/mol. The summed E-state index contributed by atoms with van der Waals surface area (Å²) in [5.74, 6) is 1.56. The standard InChI is InChI=1S/C43H27N3O2/c1-3-12-26(13-4-1)41-44-42(27-14-5-2-6-15-27)46-43(45-41)33-23-22-31(40-39(33)32-18-9-10-20-35(32)48-40)30-19-11-21-36-38(30)34-24-28-16-7-8-17-29(28)25-37(34)47-36/h1-25,43H,(H,44,45,46). The van der Waals surface area contributed by atoms with Crippen LogP contribution in [0.5, 0.6) is 0 Å². The van der Waals surface area contributed by atoms with Crippen molar-refractivity contribution in [2.45, 2.75) is 6.17 Å². The van der Waals surface area contributed by atoms with Gasteiger partial charge >= 0.3 is 0 Å². The van der Waals surface area contributed by atoms with Crippen LogP contribution < -0.4 is 5.32 Å². The molecule has 10 rings (SSSR count). The molecule has 2 aromatic heterocycles. The fraction of sp³-hybridized carbons (Fsp3) is 0.0233. The van der Waals surface area contributed by atoms with Gasteiger partial charge in [-0.15, -0.1) is 0 Å². The fourth-order valence-corrected chi connectivity index (χ4v) is 7.09.